The third kappa shape index (κ3) is 3.16. The molecule has 1 N–H and O–H groups in total. The minimum absolute atomic E-state index is 0.0712. The fourth-order valence-corrected chi connectivity index (χ4v) is 0.687. The molecular formula is C8H14N2O. The summed E-state index contributed by atoms with van der Waals surface area (Å²) >= 11 is 0. The highest BCUT2D eigenvalue weighted by molar-refractivity contribution is 5.81. The van der Waals surface area contributed by atoms with E-state index in [4.69, 9.17) is 0 Å². The number of hydrazone groups is 1. The first-order chi connectivity index (χ1) is 5.20. The Morgan fingerprint density at radius 2 is 2.27 bits per heavy atom. The highest BCUT2D eigenvalue weighted by Gasteiger charge is 2.29. The molecule has 0 radical (unpaired) electrons. The van der Waals surface area contributed by atoms with E-state index in [0.29, 0.717) is 5.92 Å². The van der Waals surface area contributed by atoms with Gasteiger partial charge in [0.1, 0.15) is 0 Å². The maximum Gasteiger partial charge on any atom is 0.243 e. The predicted molar refractivity (Wildman–Crippen MR) is 44.2 cm³/mol. The number of carbonyl (C=O) groups excluding carboxylic acids is 1. The Hall–Kier alpha value is -0.860. The van der Waals surface area contributed by atoms with Gasteiger partial charge in [-0.3, -0.25) is 4.79 Å². The van der Waals surface area contributed by atoms with E-state index >= 15 is 0 Å². The molecule has 0 aliphatic heterocycles. The monoisotopic (exact) mass is 154 g/mol. The third-order valence-corrected chi connectivity index (χ3v) is 1.50. The lowest BCUT2D eigenvalue weighted by Crippen LogP contribution is -2.19. The molecule has 0 aromatic rings. The number of hydrogen-bond donors (Lipinski definition) is 1. The zero-order chi connectivity index (χ0) is 8.27. The van der Waals surface area contributed by atoms with E-state index in [0.717, 1.165) is 12.8 Å². The highest BCUT2D eigenvalue weighted by Crippen LogP contribution is 2.28. The van der Waals surface area contributed by atoms with Crippen LogP contribution in [-0.4, -0.2) is 12.1 Å². The van der Waals surface area contributed by atoms with Crippen molar-refractivity contribution in [3.05, 3.63) is 0 Å². The Balaban J connectivity index is 2.15. The van der Waals surface area contributed by atoms with Crippen LogP contribution in [-0.2, 0) is 4.79 Å². The van der Waals surface area contributed by atoms with Crippen LogP contribution in [0.4, 0.5) is 0 Å². The average molecular weight is 154 g/mol. The molecule has 3 nitrogen and oxygen atoms in total. The van der Waals surface area contributed by atoms with Crippen molar-refractivity contribution in [3.8, 4) is 0 Å². The number of carbonyl (C=O) groups is 1. The van der Waals surface area contributed by atoms with Crippen LogP contribution in [0.15, 0.2) is 5.10 Å². The van der Waals surface area contributed by atoms with Crippen LogP contribution < -0.4 is 5.43 Å². The van der Waals surface area contributed by atoms with Gasteiger partial charge >= 0.3 is 0 Å². The standard InChI is InChI=1S/C8H14N2O/c1-6(2)5-9-10-8(11)7-3-4-7/h5-7H,3-4H2,1-2H3,(H,10,11)/b9-5+. The first-order valence-corrected chi connectivity index (χ1v) is 4.03. The molecule has 3 heteroatoms. The van der Waals surface area contributed by atoms with E-state index in [1.807, 2.05) is 13.8 Å². The summed E-state index contributed by atoms with van der Waals surface area (Å²) in [5, 5.41) is 3.81. The van der Waals surface area contributed by atoms with Crippen molar-refractivity contribution in [1.29, 1.82) is 0 Å². The van der Waals surface area contributed by atoms with Crippen LogP contribution >= 0.6 is 0 Å². The summed E-state index contributed by atoms with van der Waals surface area (Å²) in [6.45, 7) is 4.04. The van der Waals surface area contributed by atoms with Crippen molar-refractivity contribution in [1.82, 2.24) is 5.43 Å². The Kier molecular flexibility index (Phi) is 2.63. The van der Waals surface area contributed by atoms with Crippen molar-refractivity contribution in [2.24, 2.45) is 16.9 Å². The summed E-state index contributed by atoms with van der Waals surface area (Å²) in [6.07, 6.45) is 3.80. The van der Waals surface area contributed by atoms with Crippen LogP contribution in [0.2, 0.25) is 0 Å². The number of hydrogen-bond acceptors (Lipinski definition) is 2. The van der Waals surface area contributed by atoms with Crippen LogP contribution in [0.1, 0.15) is 26.7 Å². The maximum atomic E-state index is 11.0. The van der Waals surface area contributed by atoms with E-state index in [1.165, 1.54) is 0 Å². The normalized spacial score (nSPS) is 17.7. The maximum absolute atomic E-state index is 11.0. The number of rotatable bonds is 3. The molecule has 1 saturated carbocycles. The SMILES string of the molecule is CC(C)/C=N/NC(=O)C1CC1. The Labute approximate surface area is 66.9 Å². The first kappa shape index (κ1) is 8.24. The van der Waals surface area contributed by atoms with Gasteiger partial charge in [-0.2, -0.15) is 5.10 Å². The second-order valence-electron chi connectivity index (χ2n) is 3.27. The molecule has 1 aliphatic carbocycles. The van der Waals surface area contributed by atoms with Crippen molar-refractivity contribution in [2.45, 2.75) is 26.7 Å². The van der Waals surface area contributed by atoms with Gasteiger partial charge in [-0.15, -0.1) is 0 Å². The fourth-order valence-electron chi connectivity index (χ4n) is 0.687. The van der Waals surface area contributed by atoms with Gasteiger partial charge in [0.25, 0.3) is 0 Å². The van der Waals surface area contributed by atoms with Crippen molar-refractivity contribution in [3.63, 3.8) is 0 Å². The van der Waals surface area contributed by atoms with Gasteiger partial charge in [-0.1, -0.05) is 13.8 Å². The molecule has 0 unspecified atom stereocenters. The summed E-state index contributed by atoms with van der Waals surface area (Å²) in [7, 11) is 0. The quantitative estimate of drug-likeness (QED) is 0.481. The smallest absolute Gasteiger partial charge is 0.243 e. The summed E-state index contributed by atoms with van der Waals surface area (Å²) in [5.74, 6) is 0.718. The molecule has 0 saturated heterocycles. The summed E-state index contributed by atoms with van der Waals surface area (Å²) < 4.78 is 0. The Bertz CT molecular complexity index is 171. The number of nitrogens with zero attached hydrogens (tertiary/aromatic N) is 1. The zero-order valence-electron chi connectivity index (χ0n) is 7.00. The van der Waals surface area contributed by atoms with Crippen LogP contribution in [0.25, 0.3) is 0 Å². The molecule has 0 spiro atoms. The van der Waals surface area contributed by atoms with Gasteiger partial charge in [0.15, 0.2) is 0 Å². The summed E-state index contributed by atoms with van der Waals surface area (Å²) in [5.41, 5.74) is 2.51. The van der Waals surface area contributed by atoms with E-state index in [-0.39, 0.29) is 11.8 Å². The van der Waals surface area contributed by atoms with Gasteiger partial charge in [0.05, 0.1) is 0 Å². The first-order valence-electron chi connectivity index (χ1n) is 4.03. The van der Waals surface area contributed by atoms with Crippen LogP contribution in [0.5, 0.6) is 0 Å². The lowest BCUT2D eigenvalue weighted by atomic mass is 10.3. The lowest BCUT2D eigenvalue weighted by Gasteiger charge is -1.96. The molecule has 0 aromatic heterocycles. The molecule has 11 heavy (non-hydrogen) atoms. The molecule has 1 fully saturated rings. The predicted octanol–water partition coefficient (Wildman–Crippen LogP) is 1.15. The average Bonchev–Trinajstić information content (AvgIpc) is 2.66. The largest absolute Gasteiger partial charge is 0.273 e. The van der Waals surface area contributed by atoms with Crippen LogP contribution in [0, 0.1) is 11.8 Å². The minimum atomic E-state index is 0.0712. The molecular weight excluding hydrogens is 140 g/mol. The summed E-state index contributed by atoms with van der Waals surface area (Å²) in [6, 6.07) is 0. The zero-order valence-corrected chi connectivity index (χ0v) is 7.00. The minimum Gasteiger partial charge on any atom is -0.273 e. The molecule has 0 heterocycles. The number of amides is 1. The topological polar surface area (TPSA) is 41.5 Å². The molecule has 0 atom stereocenters. The van der Waals surface area contributed by atoms with Gasteiger partial charge in [-0.25, -0.2) is 5.43 Å². The van der Waals surface area contributed by atoms with Crippen molar-refractivity contribution in [2.75, 3.05) is 0 Å². The second-order valence-corrected chi connectivity index (χ2v) is 3.27. The molecule has 1 amide bonds. The summed E-state index contributed by atoms with van der Waals surface area (Å²) in [4.78, 5) is 11.0. The third-order valence-electron chi connectivity index (χ3n) is 1.50. The van der Waals surface area contributed by atoms with Gasteiger partial charge in [-0.05, 0) is 18.8 Å². The van der Waals surface area contributed by atoms with E-state index < -0.39 is 0 Å². The van der Waals surface area contributed by atoms with Gasteiger partial charge in [0, 0.05) is 12.1 Å². The molecule has 0 bridgehead atoms. The number of nitrogens with one attached hydrogen (secondary N) is 1. The van der Waals surface area contributed by atoms with E-state index in [2.05, 4.69) is 10.5 Å². The molecule has 1 aliphatic rings. The highest BCUT2D eigenvalue weighted by atomic mass is 16.2. The Morgan fingerprint density at radius 3 is 2.73 bits per heavy atom. The van der Waals surface area contributed by atoms with E-state index in [9.17, 15) is 4.79 Å². The molecule has 0 aromatic carbocycles. The van der Waals surface area contributed by atoms with Gasteiger partial charge < -0.3 is 0 Å². The molecule has 1 rings (SSSR count). The Morgan fingerprint density at radius 1 is 1.64 bits per heavy atom. The second kappa shape index (κ2) is 3.51. The van der Waals surface area contributed by atoms with E-state index in [1.54, 1.807) is 6.21 Å². The van der Waals surface area contributed by atoms with Crippen molar-refractivity contribution < 1.29 is 4.79 Å². The lowest BCUT2D eigenvalue weighted by molar-refractivity contribution is -0.122. The van der Waals surface area contributed by atoms with Gasteiger partial charge in [0.2, 0.25) is 5.91 Å². The van der Waals surface area contributed by atoms with Crippen LogP contribution in [0.3, 0.4) is 0 Å². The molecule has 62 valence electrons. The van der Waals surface area contributed by atoms with Crippen molar-refractivity contribution >= 4 is 12.1 Å². The fraction of sp³-hybridized carbons (Fsp3) is 0.750.